The Kier molecular flexibility index (Phi) is 7.17. The van der Waals surface area contributed by atoms with Gasteiger partial charge in [-0.3, -0.25) is 14.4 Å². The van der Waals surface area contributed by atoms with E-state index in [1.54, 1.807) is 11.0 Å². The summed E-state index contributed by atoms with van der Waals surface area (Å²) in [6.45, 7) is 10.4. The van der Waals surface area contributed by atoms with Crippen LogP contribution in [0.2, 0.25) is 0 Å². The number of rotatable bonds is 8. The number of amides is 2. The topological polar surface area (TPSA) is 96.4 Å². The van der Waals surface area contributed by atoms with Crippen LogP contribution in [-0.2, 0) is 23.9 Å². The number of cyclic esters (lactones) is 1. The SMILES string of the molecule is CCCC(C)N1CC=C[C@]23O[C@]4(CC)C=CCOC(=O)[C@@H]4[C@H]2C(=O)N([C@@H](CO)CC(C)C)C3C1=O. The Hall–Kier alpha value is -2.19. The van der Waals surface area contributed by atoms with Crippen LogP contribution in [0.15, 0.2) is 24.3 Å². The highest BCUT2D eigenvalue weighted by Crippen LogP contribution is 2.59. The van der Waals surface area contributed by atoms with Crippen molar-refractivity contribution < 1.29 is 29.0 Å². The summed E-state index contributed by atoms with van der Waals surface area (Å²) in [4.78, 5) is 45.2. The van der Waals surface area contributed by atoms with E-state index in [-0.39, 0.29) is 37.0 Å². The maximum atomic E-state index is 14.3. The Morgan fingerprint density at radius 2 is 1.83 bits per heavy atom. The lowest BCUT2D eigenvalue weighted by Gasteiger charge is -2.41. The van der Waals surface area contributed by atoms with Crippen LogP contribution in [0.5, 0.6) is 0 Å². The minimum atomic E-state index is -1.30. The monoisotopic (exact) mass is 488 g/mol. The van der Waals surface area contributed by atoms with Crippen molar-refractivity contribution in [2.24, 2.45) is 17.8 Å². The largest absolute Gasteiger partial charge is 0.461 e. The third-order valence-electron chi connectivity index (χ3n) is 8.25. The van der Waals surface area contributed by atoms with Crippen LogP contribution in [0, 0.1) is 17.8 Å². The lowest BCUT2D eigenvalue weighted by atomic mass is 9.73. The van der Waals surface area contributed by atoms with Crippen molar-refractivity contribution in [3.8, 4) is 0 Å². The van der Waals surface area contributed by atoms with Crippen LogP contribution in [0.3, 0.4) is 0 Å². The first-order chi connectivity index (χ1) is 16.7. The van der Waals surface area contributed by atoms with Crippen LogP contribution in [0.25, 0.3) is 0 Å². The average Bonchev–Trinajstić information content (AvgIpc) is 3.09. The average molecular weight is 489 g/mol. The number of fused-ring (bicyclic) bond motifs is 2. The second kappa shape index (κ2) is 9.69. The molecule has 0 aromatic heterocycles. The standard InChI is InChI=1S/C27H40N2O6/c1-6-10-18(5)28-13-8-12-27-20(21-25(33)34-14-9-11-26(21,7-2)35-27)23(31)29(22(27)24(28)32)19(16-30)15-17(3)4/h8-9,11-12,17-22,30H,6-7,10,13-16H2,1-5H3/t18?,19-,20+,21+,22?,26-,27+/m1/s1. The van der Waals surface area contributed by atoms with Crippen molar-refractivity contribution in [1.29, 1.82) is 0 Å². The van der Waals surface area contributed by atoms with Crippen LogP contribution in [-0.4, -0.2) is 81.8 Å². The number of nitrogens with zero attached hydrogens (tertiary/aromatic N) is 2. The maximum absolute atomic E-state index is 14.3. The Morgan fingerprint density at radius 1 is 1.09 bits per heavy atom. The van der Waals surface area contributed by atoms with E-state index >= 15 is 0 Å². The quantitative estimate of drug-likeness (QED) is 0.417. The van der Waals surface area contributed by atoms with E-state index in [1.165, 1.54) is 0 Å². The van der Waals surface area contributed by atoms with E-state index in [9.17, 15) is 19.5 Å². The molecular formula is C27H40N2O6. The summed E-state index contributed by atoms with van der Waals surface area (Å²) in [5.41, 5.74) is -2.33. The van der Waals surface area contributed by atoms with Gasteiger partial charge in [-0.05, 0) is 38.2 Å². The van der Waals surface area contributed by atoms with Crippen LogP contribution >= 0.6 is 0 Å². The van der Waals surface area contributed by atoms with E-state index in [0.717, 1.165) is 12.8 Å². The molecule has 0 aromatic carbocycles. The van der Waals surface area contributed by atoms with E-state index in [2.05, 4.69) is 6.92 Å². The molecule has 2 amide bonds. The highest BCUT2D eigenvalue weighted by atomic mass is 16.6. The molecule has 8 heteroatoms. The van der Waals surface area contributed by atoms with Crippen molar-refractivity contribution in [2.75, 3.05) is 19.8 Å². The first-order valence-electron chi connectivity index (χ1n) is 13.1. The first-order valence-corrected chi connectivity index (χ1v) is 13.1. The molecule has 2 fully saturated rings. The molecule has 2 saturated heterocycles. The van der Waals surface area contributed by atoms with Gasteiger partial charge in [0.15, 0.2) is 0 Å². The molecule has 35 heavy (non-hydrogen) atoms. The number of hydrogen-bond acceptors (Lipinski definition) is 6. The van der Waals surface area contributed by atoms with Gasteiger partial charge in [0.25, 0.3) is 0 Å². The zero-order valence-electron chi connectivity index (χ0n) is 21.6. The number of carbonyl (C=O) groups is 3. The lowest BCUT2D eigenvalue weighted by molar-refractivity contribution is -0.162. The fourth-order valence-corrected chi connectivity index (χ4v) is 6.74. The fourth-order valence-electron chi connectivity index (χ4n) is 6.74. The van der Waals surface area contributed by atoms with Crippen LogP contribution < -0.4 is 0 Å². The van der Waals surface area contributed by atoms with Gasteiger partial charge in [0.05, 0.1) is 18.6 Å². The Balaban J connectivity index is 1.89. The van der Waals surface area contributed by atoms with Gasteiger partial charge in [-0.25, -0.2) is 0 Å². The molecule has 0 aromatic rings. The third kappa shape index (κ3) is 3.93. The molecule has 4 aliphatic rings. The molecule has 4 rings (SSSR count). The van der Waals surface area contributed by atoms with Gasteiger partial charge in [0.1, 0.15) is 29.8 Å². The fraction of sp³-hybridized carbons (Fsp3) is 0.741. The first kappa shape index (κ1) is 25.9. The zero-order chi connectivity index (χ0) is 25.5. The summed E-state index contributed by atoms with van der Waals surface area (Å²) in [5, 5.41) is 10.4. The Labute approximate surface area is 208 Å². The van der Waals surface area contributed by atoms with Crippen molar-refractivity contribution in [1.82, 2.24) is 9.80 Å². The molecule has 2 unspecified atom stereocenters. The minimum Gasteiger partial charge on any atom is -0.461 e. The maximum Gasteiger partial charge on any atom is 0.313 e. The molecule has 194 valence electrons. The summed E-state index contributed by atoms with van der Waals surface area (Å²) in [5.74, 6) is -2.53. The molecule has 0 bridgehead atoms. The summed E-state index contributed by atoms with van der Waals surface area (Å²) < 4.78 is 12.3. The molecule has 0 aliphatic carbocycles. The predicted molar refractivity (Wildman–Crippen MR) is 130 cm³/mol. The summed E-state index contributed by atoms with van der Waals surface area (Å²) >= 11 is 0. The van der Waals surface area contributed by atoms with Crippen molar-refractivity contribution >= 4 is 17.8 Å². The molecule has 0 saturated carbocycles. The molecule has 8 nitrogen and oxygen atoms in total. The number of hydrogen-bond donors (Lipinski definition) is 1. The number of carbonyl (C=O) groups excluding carboxylic acids is 3. The van der Waals surface area contributed by atoms with Gasteiger partial charge in [-0.2, -0.15) is 0 Å². The smallest absolute Gasteiger partial charge is 0.313 e. The summed E-state index contributed by atoms with van der Waals surface area (Å²) in [6.07, 6.45) is 10.2. The lowest BCUT2D eigenvalue weighted by Crippen LogP contribution is -2.60. The number of esters is 1. The number of likely N-dealkylation sites (tertiary alicyclic amines) is 1. The van der Waals surface area contributed by atoms with E-state index < -0.39 is 41.1 Å². The van der Waals surface area contributed by atoms with E-state index in [4.69, 9.17) is 9.47 Å². The molecule has 4 aliphatic heterocycles. The zero-order valence-corrected chi connectivity index (χ0v) is 21.6. The second-order valence-electron chi connectivity index (χ2n) is 10.9. The summed E-state index contributed by atoms with van der Waals surface area (Å²) in [7, 11) is 0. The minimum absolute atomic E-state index is 0.0159. The Bertz CT molecular complexity index is 915. The van der Waals surface area contributed by atoms with Gasteiger partial charge in [-0.15, -0.1) is 0 Å². The Morgan fingerprint density at radius 3 is 2.46 bits per heavy atom. The molecular weight excluding hydrogens is 448 g/mol. The third-order valence-corrected chi connectivity index (χ3v) is 8.25. The highest BCUT2D eigenvalue weighted by Gasteiger charge is 2.76. The van der Waals surface area contributed by atoms with Crippen molar-refractivity contribution in [3.63, 3.8) is 0 Å². The molecule has 1 N–H and O–H groups in total. The normalized spacial score (nSPS) is 36.0. The van der Waals surface area contributed by atoms with Gasteiger partial charge in [-0.1, -0.05) is 52.3 Å². The van der Waals surface area contributed by atoms with Gasteiger partial charge in [0.2, 0.25) is 11.8 Å². The second-order valence-corrected chi connectivity index (χ2v) is 10.9. The van der Waals surface area contributed by atoms with Gasteiger partial charge >= 0.3 is 5.97 Å². The molecule has 1 spiro atoms. The number of aliphatic hydroxyl groups excluding tert-OH is 1. The number of aliphatic hydroxyl groups is 1. The van der Waals surface area contributed by atoms with E-state index in [1.807, 2.05) is 50.8 Å². The van der Waals surface area contributed by atoms with Gasteiger partial charge < -0.3 is 24.4 Å². The highest BCUT2D eigenvalue weighted by molar-refractivity contribution is 5.99. The molecule has 0 radical (unpaired) electrons. The summed E-state index contributed by atoms with van der Waals surface area (Å²) in [6, 6.07) is -1.52. The molecule has 4 heterocycles. The van der Waals surface area contributed by atoms with Crippen molar-refractivity contribution in [2.45, 2.75) is 89.6 Å². The number of ether oxygens (including phenoxy) is 2. The van der Waals surface area contributed by atoms with Gasteiger partial charge in [0, 0.05) is 12.6 Å². The van der Waals surface area contributed by atoms with Crippen LogP contribution in [0.1, 0.15) is 60.3 Å². The van der Waals surface area contributed by atoms with Crippen molar-refractivity contribution in [3.05, 3.63) is 24.3 Å². The predicted octanol–water partition coefficient (Wildman–Crippen LogP) is 2.45. The molecule has 7 atom stereocenters. The van der Waals surface area contributed by atoms with Crippen LogP contribution in [0.4, 0.5) is 0 Å². The van der Waals surface area contributed by atoms with E-state index in [0.29, 0.717) is 19.4 Å².